The number of hydrogen-bond acceptors (Lipinski definition) is 3. The minimum absolute atomic E-state index is 0.0209. The average molecular weight is 436 g/mol. The topological polar surface area (TPSA) is 68.8 Å². The highest BCUT2D eigenvalue weighted by molar-refractivity contribution is 5.94. The Morgan fingerprint density at radius 3 is 2.59 bits per heavy atom. The van der Waals surface area contributed by atoms with Gasteiger partial charge in [-0.2, -0.15) is 0 Å². The molecule has 1 saturated heterocycles. The molecule has 6 heteroatoms. The van der Waals surface area contributed by atoms with Crippen LogP contribution in [0.3, 0.4) is 0 Å². The third kappa shape index (κ3) is 7.09. The number of amides is 1. The number of carbonyl (C=O) groups excluding carboxylic acids is 1. The third-order valence-corrected chi connectivity index (χ3v) is 5.99. The number of hydrogen-bond donors (Lipinski definition) is 3. The molecule has 1 heterocycles. The molecule has 1 aliphatic rings. The van der Waals surface area contributed by atoms with Crippen LogP contribution in [0.15, 0.2) is 59.6 Å². The number of carbonyl (C=O) groups is 1. The van der Waals surface area contributed by atoms with Crippen LogP contribution in [0.5, 0.6) is 0 Å². The molecule has 2 aromatic carbocycles. The lowest BCUT2D eigenvalue weighted by Gasteiger charge is -2.38. The lowest BCUT2D eigenvalue weighted by Crippen LogP contribution is -2.51. The monoisotopic (exact) mass is 435 g/mol. The van der Waals surface area contributed by atoms with Gasteiger partial charge in [0.25, 0.3) is 5.91 Å². The number of guanidine groups is 1. The van der Waals surface area contributed by atoms with Crippen LogP contribution in [0.4, 0.5) is 0 Å². The van der Waals surface area contributed by atoms with E-state index < -0.39 is 0 Å². The summed E-state index contributed by atoms with van der Waals surface area (Å²) in [7, 11) is 1.80. The van der Waals surface area contributed by atoms with E-state index in [0.29, 0.717) is 30.7 Å². The van der Waals surface area contributed by atoms with Gasteiger partial charge in [-0.15, -0.1) is 0 Å². The number of piperidine rings is 1. The van der Waals surface area contributed by atoms with Crippen molar-refractivity contribution in [2.45, 2.75) is 58.3 Å². The molecule has 0 saturated carbocycles. The van der Waals surface area contributed by atoms with Crippen LogP contribution in [0, 0.1) is 0 Å². The Balaban J connectivity index is 1.48. The van der Waals surface area contributed by atoms with Crippen molar-refractivity contribution in [3.05, 3.63) is 71.3 Å². The Labute approximate surface area is 192 Å². The van der Waals surface area contributed by atoms with Crippen LogP contribution in [0.25, 0.3) is 0 Å². The summed E-state index contributed by atoms with van der Waals surface area (Å²) in [4.78, 5) is 19.2. The second-order valence-electron chi connectivity index (χ2n) is 8.55. The van der Waals surface area contributed by atoms with Crippen molar-refractivity contribution in [2.75, 3.05) is 20.1 Å². The third-order valence-electron chi connectivity index (χ3n) is 5.99. The van der Waals surface area contributed by atoms with Gasteiger partial charge in [0.2, 0.25) is 0 Å². The van der Waals surface area contributed by atoms with Crippen LogP contribution in [-0.2, 0) is 13.1 Å². The molecule has 0 spiro atoms. The second-order valence-corrected chi connectivity index (χ2v) is 8.55. The molecule has 0 aromatic heterocycles. The summed E-state index contributed by atoms with van der Waals surface area (Å²) in [5.41, 5.74) is 3.12. The highest BCUT2D eigenvalue weighted by atomic mass is 16.1. The van der Waals surface area contributed by atoms with Crippen molar-refractivity contribution in [3.63, 3.8) is 0 Å². The van der Waals surface area contributed by atoms with E-state index in [9.17, 15) is 4.79 Å². The number of rotatable bonds is 8. The van der Waals surface area contributed by atoms with Gasteiger partial charge >= 0.3 is 0 Å². The summed E-state index contributed by atoms with van der Waals surface area (Å²) in [6, 6.07) is 19.3. The van der Waals surface area contributed by atoms with Crippen LogP contribution in [0.1, 0.15) is 54.6 Å². The van der Waals surface area contributed by atoms with Crippen molar-refractivity contribution in [3.8, 4) is 0 Å². The molecule has 0 radical (unpaired) electrons. The predicted molar refractivity (Wildman–Crippen MR) is 132 cm³/mol. The average Bonchev–Trinajstić information content (AvgIpc) is 2.82. The molecular formula is C26H37N5O. The normalized spacial score (nSPS) is 19.4. The molecule has 1 amide bonds. The highest BCUT2D eigenvalue weighted by Crippen LogP contribution is 2.20. The Morgan fingerprint density at radius 2 is 1.88 bits per heavy atom. The second kappa shape index (κ2) is 12.2. The first-order valence-corrected chi connectivity index (χ1v) is 11.7. The number of likely N-dealkylation sites (tertiary alicyclic amines) is 1. The summed E-state index contributed by atoms with van der Waals surface area (Å²) >= 11 is 0. The highest BCUT2D eigenvalue weighted by Gasteiger charge is 2.25. The first-order chi connectivity index (χ1) is 15.6. The van der Waals surface area contributed by atoms with Crippen molar-refractivity contribution in [1.29, 1.82) is 0 Å². The Hall–Kier alpha value is -2.86. The fourth-order valence-electron chi connectivity index (χ4n) is 4.14. The van der Waals surface area contributed by atoms with Crippen molar-refractivity contribution in [2.24, 2.45) is 4.99 Å². The minimum atomic E-state index is -0.0209. The zero-order chi connectivity index (χ0) is 22.8. The summed E-state index contributed by atoms with van der Waals surface area (Å²) in [5, 5.41) is 9.92. The summed E-state index contributed by atoms with van der Waals surface area (Å²) < 4.78 is 0. The van der Waals surface area contributed by atoms with Gasteiger partial charge in [-0.1, -0.05) is 49.4 Å². The van der Waals surface area contributed by atoms with E-state index in [-0.39, 0.29) is 5.91 Å². The SMILES string of the molecule is CCCNC(=O)c1cccc(CNC(=NC)NC2CCN(Cc3ccccc3)C(C)C2)c1. The maximum Gasteiger partial charge on any atom is 0.251 e. The summed E-state index contributed by atoms with van der Waals surface area (Å²) in [5.74, 6) is 0.784. The van der Waals surface area contributed by atoms with Gasteiger partial charge in [0, 0.05) is 50.9 Å². The van der Waals surface area contributed by atoms with Gasteiger partial charge in [-0.3, -0.25) is 14.7 Å². The molecule has 3 N–H and O–H groups in total. The maximum absolute atomic E-state index is 12.2. The predicted octanol–water partition coefficient (Wildman–Crippen LogP) is 3.54. The zero-order valence-electron chi connectivity index (χ0n) is 19.6. The molecule has 6 nitrogen and oxygen atoms in total. The number of nitrogens with zero attached hydrogens (tertiary/aromatic N) is 2. The molecule has 2 atom stereocenters. The van der Waals surface area contributed by atoms with Gasteiger partial charge in [0.1, 0.15) is 0 Å². The smallest absolute Gasteiger partial charge is 0.251 e. The van der Waals surface area contributed by atoms with E-state index in [1.165, 1.54) is 5.56 Å². The molecule has 32 heavy (non-hydrogen) atoms. The van der Waals surface area contributed by atoms with E-state index in [1.807, 2.05) is 31.2 Å². The molecule has 1 fully saturated rings. The van der Waals surface area contributed by atoms with Crippen LogP contribution >= 0.6 is 0 Å². The van der Waals surface area contributed by atoms with Gasteiger partial charge in [-0.05, 0) is 49.4 Å². The molecule has 3 rings (SSSR count). The Kier molecular flexibility index (Phi) is 9.11. The van der Waals surface area contributed by atoms with Gasteiger partial charge < -0.3 is 16.0 Å². The number of nitrogens with one attached hydrogen (secondary N) is 3. The first-order valence-electron chi connectivity index (χ1n) is 11.7. The van der Waals surface area contributed by atoms with Gasteiger partial charge in [0.15, 0.2) is 5.96 Å². The summed E-state index contributed by atoms with van der Waals surface area (Å²) in [6.07, 6.45) is 3.10. The molecular weight excluding hydrogens is 398 g/mol. The zero-order valence-corrected chi connectivity index (χ0v) is 19.6. The van der Waals surface area contributed by atoms with E-state index in [4.69, 9.17) is 0 Å². The van der Waals surface area contributed by atoms with Crippen molar-refractivity contribution >= 4 is 11.9 Å². The Morgan fingerprint density at radius 1 is 1.09 bits per heavy atom. The molecule has 1 aliphatic heterocycles. The van der Waals surface area contributed by atoms with Crippen molar-refractivity contribution in [1.82, 2.24) is 20.9 Å². The minimum Gasteiger partial charge on any atom is -0.354 e. The number of benzene rings is 2. The molecule has 2 unspecified atom stereocenters. The summed E-state index contributed by atoms with van der Waals surface area (Å²) in [6.45, 7) is 7.75. The number of aliphatic imine (C=N–C) groups is 1. The van der Waals surface area contributed by atoms with E-state index >= 15 is 0 Å². The largest absolute Gasteiger partial charge is 0.354 e. The van der Waals surface area contributed by atoms with Crippen LogP contribution in [0.2, 0.25) is 0 Å². The van der Waals surface area contributed by atoms with E-state index in [1.54, 1.807) is 7.05 Å². The van der Waals surface area contributed by atoms with Crippen LogP contribution < -0.4 is 16.0 Å². The van der Waals surface area contributed by atoms with Crippen LogP contribution in [-0.4, -0.2) is 49.0 Å². The van der Waals surface area contributed by atoms with E-state index in [0.717, 1.165) is 43.9 Å². The molecule has 2 aromatic rings. The first kappa shape index (κ1) is 23.8. The van der Waals surface area contributed by atoms with E-state index in [2.05, 4.69) is 63.1 Å². The lowest BCUT2D eigenvalue weighted by atomic mass is 9.97. The quantitative estimate of drug-likeness (QED) is 0.438. The fraction of sp³-hybridized carbons (Fsp3) is 0.462. The Bertz CT molecular complexity index is 883. The van der Waals surface area contributed by atoms with Gasteiger partial charge in [0.05, 0.1) is 0 Å². The maximum atomic E-state index is 12.2. The fourth-order valence-corrected chi connectivity index (χ4v) is 4.14. The molecule has 0 aliphatic carbocycles. The van der Waals surface area contributed by atoms with Crippen molar-refractivity contribution < 1.29 is 4.79 Å². The standard InChI is InChI=1S/C26H37N5O/c1-4-14-28-25(32)23-12-8-11-22(17-23)18-29-26(27-3)30-24-13-15-31(20(2)16-24)19-21-9-6-5-7-10-21/h5-12,17,20,24H,4,13-16,18-19H2,1-3H3,(H,28,32)(H2,27,29,30). The van der Waals surface area contributed by atoms with Gasteiger partial charge in [-0.25, -0.2) is 0 Å². The lowest BCUT2D eigenvalue weighted by molar-refractivity contribution is 0.0953. The molecule has 172 valence electrons. The molecule has 0 bridgehead atoms.